The van der Waals surface area contributed by atoms with Crippen molar-refractivity contribution in [2.75, 3.05) is 5.32 Å². The molecule has 0 atom stereocenters. The van der Waals surface area contributed by atoms with Gasteiger partial charge >= 0.3 is 0 Å². The number of rotatable bonds is 5. The van der Waals surface area contributed by atoms with Gasteiger partial charge in [-0.2, -0.15) is 0 Å². The monoisotopic (exact) mass is 411 g/mol. The van der Waals surface area contributed by atoms with Crippen molar-refractivity contribution >= 4 is 11.6 Å². The Kier molecular flexibility index (Phi) is 5.67. The van der Waals surface area contributed by atoms with Crippen LogP contribution in [0, 0.1) is 27.7 Å². The molecule has 0 radical (unpaired) electrons. The number of hydrogen-bond donors (Lipinski definition) is 1. The highest BCUT2D eigenvalue weighted by atomic mass is 16.3. The molecule has 0 saturated carbocycles. The Bertz CT molecular complexity index is 1230. The third-order valence-corrected chi connectivity index (χ3v) is 5.27. The van der Waals surface area contributed by atoms with Crippen molar-refractivity contribution in [2.45, 2.75) is 34.1 Å². The number of nitrogens with one attached hydrogen (secondary N) is 1. The molecule has 0 aliphatic heterocycles. The number of hydrogen-bond acceptors (Lipinski definition) is 4. The number of aryl methyl sites for hydroxylation is 4. The zero-order valence-electron chi connectivity index (χ0n) is 18.2. The molecule has 5 nitrogen and oxygen atoms in total. The molecule has 1 amide bonds. The maximum atomic E-state index is 12.7. The normalized spacial score (nSPS) is 10.8. The van der Waals surface area contributed by atoms with Gasteiger partial charge < -0.3 is 9.73 Å². The lowest BCUT2D eigenvalue weighted by Gasteiger charge is -2.10. The molecular weight excluding hydrogens is 386 g/mol. The van der Waals surface area contributed by atoms with Gasteiger partial charge in [0.1, 0.15) is 11.6 Å². The van der Waals surface area contributed by atoms with Crippen LogP contribution in [0.3, 0.4) is 0 Å². The van der Waals surface area contributed by atoms with Crippen LogP contribution in [0.25, 0.3) is 11.3 Å². The highest BCUT2D eigenvalue weighted by Gasteiger charge is 2.14. The van der Waals surface area contributed by atoms with E-state index in [1.54, 1.807) is 12.3 Å². The van der Waals surface area contributed by atoms with Gasteiger partial charge in [-0.25, -0.2) is 9.97 Å². The molecule has 2 heterocycles. The van der Waals surface area contributed by atoms with E-state index < -0.39 is 0 Å². The zero-order valence-corrected chi connectivity index (χ0v) is 18.2. The van der Waals surface area contributed by atoms with Crippen LogP contribution in [0.5, 0.6) is 0 Å². The van der Waals surface area contributed by atoms with Crippen LogP contribution in [0.4, 0.5) is 5.69 Å². The fourth-order valence-corrected chi connectivity index (χ4v) is 3.82. The average Bonchev–Trinajstić information content (AvgIpc) is 3.20. The molecule has 4 aromatic rings. The van der Waals surface area contributed by atoms with Gasteiger partial charge in [0.15, 0.2) is 5.76 Å². The second-order valence-corrected chi connectivity index (χ2v) is 7.84. The molecule has 2 aromatic carbocycles. The summed E-state index contributed by atoms with van der Waals surface area (Å²) in [4.78, 5) is 21.3. The molecule has 2 aromatic heterocycles. The number of amides is 1. The summed E-state index contributed by atoms with van der Waals surface area (Å²) in [6.07, 6.45) is 2.39. The van der Waals surface area contributed by atoms with Gasteiger partial charge in [0.25, 0.3) is 5.91 Å². The quantitative estimate of drug-likeness (QED) is 0.450. The Hall–Kier alpha value is -3.73. The van der Waals surface area contributed by atoms with E-state index in [1.807, 2.05) is 43.3 Å². The van der Waals surface area contributed by atoms with Gasteiger partial charge in [0.05, 0.1) is 5.69 Å². The summed E-state index contributed by atoms with van der Waals surface area (Å²) in [5.41, 5.74) is 7.36. The second kappa shape index (κ2) is 8.56. The maximum absolute atomic E-state index is 12.7. The molecular formula is C26H25N3O2. The predicted octanol–water partition coefficient (Wildman–Crippen LogP) is 5.81. The zero-order chi connectivity index (χ0) is 22.0. The lowest BCUT2D eigenvalue weighted by molar-refractivity contribution is 0.0995. The minimum atomic E-state index is -0.278. The fourth-order valence-electron chi connectivity index (χ4n) is 3.82. The summed E-state index contributed by atoms with van der Waals surface area (Å²) in [6, 6.07) is 17.4. The highest BCUT2D eigenvalue weighted by molar-refractivity contribution is 6.02. The fraction of sp³-hybridized carbons (Fsp3) is 0.192. The summed E-state index contributed by atoms with van der Waals surface area (Å²) in [6.45, 7) is 8.17. The molecule has 0 unspecified atom stereocenters. The summed E-state index contributed by atoms with van der Waals surface area (Å²) in [5, 5.41) is 2.91. The van der Waals surface area contributed by atoms with Crippen molar-refractivity contribution < 1.29 is 9.21 Å². The second-order valence-electron chi connectivity index (χ2n) is 7.84. The molecule has 4 rings (SSSR count). The van der Waals surface area contributed by atoms with Crippen LogP contribution in [-0.2, 0) is 6.42 Å². The third-order valence-electron chi connectivity index (χ3n) is 5.27. The molecule has 0 saturated heterocycles. The first-order chi connectivity index (χ1) is 14.9. The average molecular weight is 412 g/mol. The SMILES string of the molecule is Cc1cc(C)c(Cc2ccc(C(=O)Nc3cccc(-c4ccnc(C)n4)c3)o2)c(C)c1. The predicted molar refractivity (Wildman–Crippen MR) is 122 cm³/mol. The molecule has 0 aliphatic rings. The van der Waals surface area contributed by atoms with Crippen LogP contribution in [0.1, 0.15) is 44.4 Å². The van der Waals surface area contributed by atoms with E-state index in [0.717, 1.165) is 17.0 Å². The van der Waals surface area contributed by atoms with Crippen LogP contribution >= 0.6 is 0 Å². The number of furan rings is 1. The first-order valence-electron chi connectivity index (χ1n) is 10.3. The van der Waals surface area contributed by atoms with Gasteiger partial charge in [-0.1, -0.05) is 29.8 Å². The van der Waals surface area contributed by atoms with Crippen molar-refractivity contribution in [3.63, 3.8) is 0 Å². The molecule has 156 valence electrons. The number of anilines is 1. The minimum Gasteiger partial charge on any atom is -0.456 e. The van der Waals surface area contributed by atoms with Gasteiger partial charge in [0.2, 0.25) is 0 Å². The standard InChI is InChI=1S/C26H25N3O2/c1-16-12-17(2)23(18(3)13-16)15-22-8-9-25(31-22)26(30)29-21-7-5-6-20(14-21)24-10-11-27-19(4)28-24/h5-14H,15H2,1-4H3,(H,29,30). The van der Waals surface area contributed by atoms with E-state index in [2.05, 4.69) is 48.2 Å². The van der Waals surface area contributed by atoms with E-state index >= 15 is 0 Å². The van der Waals surface area contributed by atoms with Crippen molar-refractivity contribution in [1.29, 1.82) is 0 Å². The smallest absolute Gasteiger partial charge is 0.291 e. The summed E-state index contributed by atoms with van der Waals surface area (Å²) < 4.78 is 5.86. The number of nitrogens with zero attached hydrogens (tertiary/aromatic N) is 2. The van der Waals surface area contributed by atoms with Crippen LogP contribution < -0.4 is 5.32 Å². The number of benzene rings is 2. The lowest BCUT2D eigenvalue weighted by Crippen LogP contribution is -2.10. The van der Waals surface area contributed by atoms with Gasteiger partial charge in [-0.15, -0.1) is 0 Å². The number of carbonyl (C=O) groups excluding carboxylic acids is 1. The summed E-state index contributed by atoms with van der Waals surface area (Å²) in [7, 11) is 0. The largest absolute Gasteiger partial charge is 0.456 e. The molecule has 0 fully saturated rings. The van der Waals surface area contributed by atoms with Gasteiger partial charge in [0, 0.05) is 23.9 Å². The first-order valence-corrected chi connectivity index (χ1v) is 10.3. The van der Waals surface area contributed by atoms with E-state index in [0.29, 0.717) is 23.7 Å². The summed E-state index contributed by atoms with van der Waals surface area (Å²) in [5.74, 6) is 1.49. The number of aromatic nitrogens is 2. The van der Waals surface area contributed by atoms with E-state index in [4.69, 9.17) is 4.42 Å². The molecule has 1 N–H and O–H groups in total. The van der Waals surface area contributed by atoms with E-state index in [-0.39, 0.29) is 5.91 Å². The Balaban J connectivity index is 1.49. The highest BCUT2D eigenvalue weighted by Crippen LogP contribution is 2.23. The molecule has 5 heteroatoms. The van der Waals surface area contributed by atoms with Crippen LogP contribution in [0.2, 0.25) is 0 Å². The Morgan fingerprint density at radius 3 is 2.48 bits per heavy atom. The third kappa shape index (κ3) is 4.72. The topological polar surface area (TPSA) is 68.0 Å². The number of carbonyl (C=O) groups is 1. The molecule has 31 heavy (non-hydrogen) atoms. The van der Waals surface area contributed by atoms with Crippen molar-refractivity contribution in [1.82, 2.24) is 9.97 Å². The van der Waals surface area contributed by atoms with E-state index in [1.165, 1.54) is 22.3 Å². The van der Waals surface area contributed by atoms with Crippen molar-refractivity contribution in [3.05, 3.63) is 100 Å². The summed E-state index contributed by atoms with van der Waals surface area (Å²) >= 11 is 0. The molecule has 0 bridgehead atoms. The maximum Gasteiger partial charge on any atom is 0.291 e. The Morgan fingerprint density at radius 2 is 1.74 bits per heavy atom. The first kappa shape index (κ1) is 20.5. The van der Waals surface area contributed by atoms with Crippen molar-refractivity contribution in [2.24, 2.45) is 0 Å². The van der Waals surface area contributed by atoms with Gasteiger partial charge in [-0.05, 0) is 74.7 Å². The lowest BCUT2D eigenvalue weighted by atomic mass is 9.97. The van der Waals surface area contributed by atoms with Crippen LogP contribution in [0.15, 0.2) is 65.2 Å². The van der Waals surface area contributed by atoms with Crippen LogP contribution in [-0.4, -0.2) is 15.9 Å². The molecule has 0 aliphatic carbocycles. The molecule has 0 spiro atoms. The van der Waals surface area contributed by atoms with E-state index in [9.17, 15) is 4.79 Å². The minimum absolute atomic E-state index is 0.278. The van der Waals surface area contributed by atoms with Crippen molar-refractivity contribution in [3.8, 4) is 11.3 Å². The Morgan fingerprint density at radius 1 is 0.968 bits per heavy atom. The van der Waals surface area contributed by atoms with Gasteiger partial charge in [-0.3, -0.25) is 4.79 Å². The Labute approximate surface area is 182 Å².